The normalized spacial score (nSPS) is 11.1. The van der Waals surface area contributed by atoms with Gasteiger partial charge in [0.25, 0.3) is 5.91 Å². The maximum Gasteiger partial charge on any atom is 0.263 e. The largest absolute Gasteiger partial charge is 0.279 e. The van der Waals surface area contributed by atoms with Crippen molar-refractivity contribution in [3.63, 3.8) is 0 Å². The van der Waals surface area contributed by atoms with Crippen molar-refractivity contribution in [1.82, 2.24) is 14.8 Å². The monoisotopic (exact) mass is 452 g/mol. The number of amides is 1. The Bertz CT molecular complexity index is 1400. The van der Waals surface area contributed by atoms with Crippen LogP contribution in [0, 0.1) is 20.8 Å². The third-order valence-corrected chi connectivity index (χ3v) is 7.05. The lowest BCUT2D eigenvalue weighted by Gasteiger charge is -2.20. The van der Waals surface area contributed by atoms with Gasteiger partial charge in [-0.3, -0.25) is 9.69 Å². The van der Waals surface area contributed by atoms with E-state index in [-0.39, 0.29) is 5.91 Å². The number of hydrogen-bond acceptors (Lipinski definition) is 4. The minimum atomic E-state index is -0.104. The van der Waals surface area contributed by atoms with Gasteiger partial charge in [-0.15, -0.1) is 0 Å². The van der Waals surface area contributed by atoms with Gasteiger partial charge in [-0.2, -0.15) is 5.10 Å². The molecule has 0 saturated heterocycles. The summed E-state index contributed by atoms with van der Waals surface area (Å²) in [5.41, 5.74) is 6.58. The predicted molar refractivity (Wildman–Crippen MR) is 134 cm³/mol. The number of rotatable bonds is 5. The van der Waals surface area contributed by atoms with Gasteiger partial charge in [-0.05, 0) is 49.6 Å². The number of hydrogen-bond donors (Lipinski definition) is 0. The lowest BCUT2D eigenvalue weighted by atomic mass is 10.1. The van der Waals surface area contributed by atoms with Gasteiger partial charge >= 0.3 is 0 Å². The van der Waals surface area contributed by atoms with E-state index in [1.54, 1.807) is 27.1 Å². The van der Waals surface area contributed by atoms with Crippen molar-refractivity contribution in [2.75, 3.05) is 4.90 Å². The number of nitrogens with zero attached hydrogens (tertiary/aromatic N) is 4. The lowest BCUT2D eigenvalue weighted by Crippen LogP contribution is -2.30. The number of benzene rings is 3. The van der Waals surface area contributed by atoms with Crippen LogP contribution in [0.5, 0.6) is 0 Å². The zero-order chi connectivity index (χ0) is 22.9. The molecular formula is C27H24N4OS. The van der Waals surface area contributed by atoms with Gasteiger partial charge in [0.15, 0.2) is 5.13 Å². The summed E-state index contributed by atoms with van der Waals surface area (Å²) in [7, 11) is 0. The Balaban J connectivity index is 1.60. The van der Waals surface area contributed by atoms with Crippen LogP contribution >= 0.6 is 11.3 Å². The summed E-state index contributed by atoms with van der Waals surface area (Å²) in [4.78, 5) is 20.6. The molecule has 5 aromatic rings. The van der Waals surface area contributed by atoms with Gasteiger partial charge < -0.3 is 0 Å². The second-order valence-corrected chi connectivity index (χ2v) is 9.12. The average Bonchev–Trinajstić information content (AvgIpc) is 3.46. The standard InChI is InChI=1S/C27H24N4OS/c1-18-14-15-19(2)25-24(18)29-27(33-25)30(17-21-10-6-4-7-11-21)26(32)23-16-28-31(20(23)3)22-12-8-5-9-13-22/h4-16H,17H2,1-3H3. The van der Waals surface area contributed by atoms with Crippen LogP contribution in [0.3, 0.4) is 0 Å². The molecule has 0 radical (unpaired) electrons. The zero-order valence-electron chi connectivity index (χ0n) is 18.8. The van der Waals surface area contributed by atoms with Crippen molar-refractivity contribution < 1.29 is 4.79 Å². The Kier molecular flexibility index (Phi) is 5.52. The molecule has 0 saturated carbocycles. The first-order valence-electron chi connectivity index (χ1n) is 10.9. The van der Waals surface area contributed by atoms with Crippen molar-refractivity contribution in [2.45, 2.75) is 27.3 Å². The topological polar surface area (TPSA) is 51.0 Å². The molecule has 0 unspecified atom stereocenters. The fraction of sp³-hybridized carbons (Fsp3) is 0.148. The number of aromatic nitrogens is 3. The maximum absolute atomic E-state index is 13.9. The lowest BCUT2D eigenvalue weighted by molar-refractivity contribution is 0.0984. The molecule has 0 bridgehead atoms. The van der Waals surface area contributed by atoms with Crippen LogP contribution in [0.4, 0.5) is 5.13 Å². The van der Waals surface area contributed by atoms with Crippen molar-refractivity contribution in [1.29, 1.82) is 0 Å². The highest BCUT2D eigenvalue weighted by Gasteiger charge is 2.26. The molecule has 0 spiro atoms. The molecule has 0 aliphatic carbocycles. The Morgan fingerprint density at radius 2 is 1.58 bits per heavy atom. The SMILES string of the molecule is Cc1ccc(C)c2sc(N(Cc3ccccc3)C(=O)c3cnn(-c4ccccc4)c3C)nc12. The molecule has 33 heavy (non-hydrogen) atoms. The van der Waals surface area contributed by atoms with E-state index in [2.05, 4.69) is 31.1 Å². The third kappa shape index (κ3) is 3.94. The number of thiazole rings is 1. The third-order valence-electron chi connectivity index (χ3n) is 5.83. The van der Waals surface area contributed by atoms with E-state index < -0.39 is 0 Å². The van der Waals surface area contributed by atoms with Crippen LogP contribution in [-0.4, -0.2) is 20.7 Å². The van der Waals surface area contributed by atoms with Gasteiger partial charge in [0.05, 0.1) is 39.9 Å². The molecule has 0 N–H and O–H groups in total. The number of carbonyl (C=O) groups is 1. The summed E-state index contributed by atoms with van der Waals surface area (Å²) in [5.74, 6) is -0.104. The van der Waals surface area contributed by atoms with Crippen LogP contribution in [-0.2, 0) is 6.54 Å². The van der Waals surface area contributed by atoms with Gasteiger partial charge in [-0.25, -0.2) is 9.67 Å². The molecular weight excluding hydrogens is 428 g/mol. The van der Waals surface area contributed by atoms with Gasteiger partial charge in [0.2, 0.25) is 0 Å². The van der Waals surface area contributed by atoms with Crippen molar-refractivity contribution >= 4 is 32.6 Å². The highest BCUT2D eigenvalue weighted by Crippen LogP contribution is 2.34. The first-order valence-corrected chi connectivity index (χ1v) is 11.7. The highest BCUT2D eigenvalue weighted by molar-refractivity contribution is 7.22. The van der Waals surface area contributed by atoms with Crippen LogP contribution < -0.4 is 4.90 Å². The van der Waals surface area contributed by atoms with E-state index in [1.807, 2.05) is 67.6 Å². The smallest absolute Gasteiger partial charge is 0.263 e. The van der Waals surface area contributed by atoms with Crippen LogP contribution in [0.15, 0.2) is 79.0 Å². The predicted octanol–water partition coefficient (Wildman–Crippen LogP) is 6.25. The summed E-state index contributed by atoms with van der Waals surface area (Å²) in [6.45, 7) is 6.51. The summed E-state index contributed by atoms with van der Waals surface area (Å²) in [5, 5.41) is 5.21. The molecule has 3 aromatic carbocycles. The summed E-state index contributed by atoms with van der Waals surface area (Å²) in [6.07, 6.45) is 1.66. The zero-order valence-corrected chi connectivity index (χ0v) is 19.6. The Morgan fingerprint density at radius 1 is 0.909 bits per heavy atom. The first kappa shape index (κ1) is 21.1. The second-order valence-electron chi connectivity index (χ2n) is 8.14. The van der Waals surface area contributed by atoms with Crippen LogP contribution in [0.2, 0.25) is 0 Å². The Hall–Kier alpha value is -3.77. The van der Waals surface area contributed by atoms with Gasteiger partial charge in [0.1, 0.15) is 0 Å². The van der Waals surface area contributed by atoms with E-state index >= 15 is 0 Å². The van der Waals surface area contributed by atoms with E-state index in [9.17, 15) is 4.79 Å². The Morgan fingerprint density at radius 3 is 2.27 bits per heavy atom. The van der Waals surface area contributed by atoms with Gasteiger partial charge in [-0.1, -0.05) is 72.0 Å². The van der Waals surface area contributed by atoms with E-state index in [0.717, 1.165) is 32.7 Å². The molecule has 0 fully saturated rings. The van der Waals surface area contributed by atoms with E-state index in [1.165, 1.54) is 5.56 Å². The average molecular weight is 453 g/mol. The maximum atomic E-state index is 13.9. The quantitative estimate of drug-likeness (QED) is 0.316. The molecule has 164 valence electrons. The molecule has 5 nitrogen and oxygen atoms in total. The number of anilines is 1. The minimum Gasteiger partial charge on any atom is -0.279 e. The highest BCUT2D eigenvalue weighted by atomic mass is 32.1. The first-order chi connectivity index (χ1) is 16.0. The molecule has 2 heterocycles. The number of fused-ring (bicyclic) bond motifs is 1. The summed E-state index contributed by atoms with van der Waals surface area (Å²) in [6, 6.07) is 24.1. The molecule has 1 amide bonds. The number of carbonyl (C=O) groups excluding carboxylic acids is 1. The van der Waals surface area contributed by atoms with Crippen LogP contribution in [0.25, 0.3) is 15.9 Å². The van der Waals surface area contributed by atoms with Crippen molar-refractivity contribution in [2.24, 2.45) is 0 Å². The van der Waals surface area contributed by atoms with Crippen LogP contribution in [0.1, 0.15) is 32.7 Å². The molecule has 0 atom stereocenters. The number of aryl methyl sites for hydroxylation is 2. The van der Waals surface area contributed by atoms with Crippen molar-refractivity contribution in [3.05, 3.63) is 107 Å². The summed E-state index contributed by atoms with van der Waals surface area (Å²) >= 11 is 1.56. The molecule has 0 aliphatic heterocycles. The molecule has 2 aromatic heterocycles. The fourth-order valence-electron chi connectivity index (χ4n) is 3.95. The molecule has 6 heteroatoms. The fourth-order valence-corrected chi connectivity index (χ4v) is 5.06. The van der Waals surface area contributed by atoms with Crippen molar-refractivity contribution in [3.8, 4) is 5.69 Å². The van der Waals surface area contributed by atoms with E-state index in [0.29, 0.717) is 17.2 Å². The molecule has 5 rings (SSSR count). The van der Waals surface area contributed by atoms with Gasteiger partial charge in [0, 0.05) is 0 Å². The van der Waals surface area contributed by atoms with E-state index in [4.69, 9.17) is 4.98 Å². The second kappa shape index (κ2) is 8.64. The number of para-hydroxylation sites is 1. The minimum absolute atomic E-state index is 0.104. The molecule has 0 aliphatic rings. The summed E-state index contributed by atoms with van der Waals surface area (Å²) < 4.78 is 2.92. The Labute approximate surface area is 196 Å².